The van der Waals surface area contributed by atoms with Crippen LogP contribution in [0.25, 0.3) is 0 Å². The van der Waals surface area contributed by atoms with Crippen molar-refractivity contribution < 1.29 is 0 Å². The number of aromatic nitrogens is 2. The van der Waals surface area contributed by atoms with Gasteiger partial charge in [0.25, 0.3) is 0 Å². The molecule has 0 spiro atoms. The summed E-state index contributed by atoms with van der Waals surface area (Å²) in [4.78, 5) is 12.5. The van der Waals surface area contributed by atoms with Crippen molar-refractivity contribution in [1.29, 1.82) is 0 Å². The molecule has 0 amide bonds. The van der Waals surface area contributed by atoms with Crippen molar-refractivity contribution in [3.8, 4) is 0 Å². The molecular weight excluding hydrogens is 438 g/mol. The molecule has 7 heterocycles. The van der Waals surface area contributed by atoms with Crippen molar-refractivity contribution in [2.45, 2.75) is 74.9 Å². The van der Waals surface area contributed by atoms with Crippen LogP contribution in [0.1, 0.15) is 50.6 Å². The fourth-order valence-electron chi connectivity index (χ4n) is 7.63. The van der Waals surface area contributed by atoms with Crippen LogP contribution >= 0.6 is 0 Å². The van der Waals surface area contributed by atoms with E-state index < -0.39 is 0 Å². The molecule has 5 unspecified atom stereocenters. The molecule has 0 saturated carbocycles. The minimum atomic E-state index is -0.339. The molecule has 4 saturated heterocycles. The molecule has 5 atom stereocenters. The van der Waals surface area contributed by atoms with E-state index in [9.17, 15) is 0 Å². The van der Waals surface area contributed by atoms with Crippen molar-refractivity contribution >= 4 is 0 Å². The molecule has 9 heteroatoms. The number of piperazine rings is 1. The zero-order valence-corrected chi connectivity index (χ0v) is 20.6. The van der Waals surface area contributed by atoms with Gasteiger partial charge in [-0.05, 0) is 58.0 Å². The molecule has 1 aromatic rings. The number of nitrogens with one attached hydrogen (secondary N) is 4. The largest absolute Gasteiger partial charge is 0.312 e. The quantitative estimate of drug-likeness (QED) is 0.506. The number of likely N-dealkylation sites (tertiary alicyclic amines) is 1. The Morgan fingerprint density at radius 2 is 1.74 bits per heavy atom. The Labute approximate surface area is 208 Å². The highest BCUT2D eigenvalue weighted by atomic mass is 15.7. The molecule has 7 rings (SSSR count). The fourth-order valence-corrected chi connectivity index (χ4v) is 7.63. The van der Waals surface area contributed by atoms with E-state index in [4.69, 9.17) is 4.98 Å². The second-order valence-electron chi connectivity index (χ2n) is 10.8. The second-order valence-corrected chi connectivity index (χ2v) is 10.8. The SMILES string of the molecule is C1=C2C(NCC1)NCCN2N1C2=CCCNC2CCC1(c1cnccn1)N1CCC2NCCCC21. The minimum Gasteiger partial charge on any atom is -0.312 e. The summed E-state index contributed by atoms with van der Waals surface area (Å²) in [5.41, 5.74) is 3.54. The Morgan fingerprint density at radius 3 is 2.66 bits per heavy atom. The lowest BCUT2D eigenvalue weighted by Crippen LogP contribution is -2.72. The van der Waals surface area contributed by atoms with E-state index in [0.29, 0.717) is 18.1 Å². The zero-order valence-electron chi connectivity index (χ0n) is 20.6. The lowest BCUT2D eigenvalue weighted by atomic mass is 9.84. The van der Waals surface area contributed by atoms with E-state index in [1.54, 1.807) is 0 Å². The van der Waals surface area contributed by atoms with E-state index in [-0.39, 0.29) is 11.8 Å². The predicted molar refractivity (Wildman–Crippen MR) is 135 cm³/mol. The summed E-state index contributed by atoms with van der Waals surface area (Å²) >= 11 is 0. The first-order valence-electron chi connectivity index (χ1n) is 13.8. The van der Waals surface area contributed by atoms with Gasteiger partial charge in [0.2, 0.25) is 0 Å². The third-order valence-corrected chi connectivity index (χ3v) is 9.05. The van der Waals surface area contributed by atoms with Crippen LogP contribution in [0.15, 0.2) is 42.1 Å². The maximum Gasteiger partial charge on any atom is 0.157 e. The smallest absolute Gasteiger partial charge is 0.157 e. The van der Waals surface area contributed by atoms with Crippen molar-refractivity contribution in [3.63, 3.8) is 0 Å². The summed E-state index contributed by atoms with van der Waals surface area (Å²) in [6, 6.07) is 1.49. The van der Waals surface area contributed by atoms with Gasteiger partial charge in [-0.25, -0.2) is 0 Å². The number of piperidine rings is 2. The van der Waals surface area contributed by atoms with Crippen LogP contribution < -0.4 is 21.3 Å². The molecule has 0 aliphatic carbocycles. The standard InChI is InChI=1S/C26H39N9/c1-4-21-20(29-10-1)8-16-33(21)26(24-18-27-13-14-30-24)9-7-19-22(5-2-11-28-19)35(26)34-17-15-32-25-23(34)6-3-12-31-25/h5-6,13-14,18-21,25,28-29,31-32H,1-4,7-12,15-17H2. The zero-order chi connectivity index (χ0) is 23.2. The normalized spacial score (nSPS) is 37.7. The van der Waals surface area contributed by atoms with Crippen molar-refractivity contribution in [2.75, 3.05) is 39.3 Å². The Kier molecular flexibility index (Phi) is 5.78. The van der Waals surface area contributed by atoms with Crippen molar-refractivity contribution in [1.82, 2.24) is 46.2 Å². The maximum atomic E-state index is 5.05. The average Bonchev–Trinajstić information content (AvgIpc) is 3.37. The number of nitrogens with zero attached hydrogens (tertiary/aromatic N) is 5. The average molecular weight is 478 g/mol. The summed E-state index contributed by atoms with van der Waals surface area (Å²) in [6.07, 6.45) is 18.9. The Morgan fingerprint density at radius 1 is 0.857 bits per heavy atom. The Balaban J connectivity index is 1.41. The first-order valence-corrected chi connectivity index (χ1v) is 13.8. The molecule has 6 aliphatic rings. The molecule has 35 heavy (non-hydrogen) atoms. The van der Waals surface area contributed by atoms with E-state index in [1.165, 1.54) is 30.7 Å². The monoisotopic (exact) mass is 477 g/mol. The number of hydrogen-bond donors (Lipinski definition) is 4. The van der Waals surface area contributed by atoms with Gasteiger partial charge in [-0.2, -0.15) is 0 Å². The fraction of sp³-hybridized carbons (Fsp3) is 0.692. The number of hydrazine groups is 1. The van der Waals surface area contributed by atoms with Gasteiger partial charge in [0.15, 0.2) is 5.66 Å². The summed E-state index contributed by atoms with van der Waals surface area (Å²) < 4.78 is 0. The van der Waals surface area contributed by atoms with Gasteiger partial charge in [-0.3, -0.25) is 35.5 Å². The highest BCUT2D eigenvalue weighted by Crippen LogP contribution is 2.50. The van der Waals surface area contributed by atoms with Crippen LogP contribution in [0.2, 0.25) is 0 Å². The lowest BCUT2D eigenvalue weighted by Gasteiger charge is -2.62. The van der Waals surface area contributed by atoms with E-state index in [2.05, 4.69) is 53.3 Å². The lowest BCUT2D eigenvalue weighted by molar-refractivity contribution is -0.186. The molecule has 0 aromatic carbocycles. The first kappa shape index (κ1) is 22.2. The van der Waals surface area contributed by atoms with Gasteiger partial charge in [-0.1, -0.05) is 12.2 Å². The molecule has 6 aliphatic heterocycles. The van der Waals surface area contributed by atoms with E-state index in [0.717, 1.165) is 70.6 Å². The number of rotatable bonds is 3. The van der Waals surface area contributed by atoms with Crippen LogP contribution in [-0.4, -0.2) is 88.4 Å². The molecule has 9 nitrogen and oxygen atoms in total. The third kappa shape index (κ3) is 3.54. The van der Waals surface area contributed by atoms with E-state index >= 15 is 0 Å². The van der Waals surface area contributed by atoms with Crippen LogP contribution in [0.5, 0.6) is 0 Å². The minimum absolute atomic E-state index is 0.206. The molecule has 4 fully saturated rings. The van der Waals surface area contributed by atoms with Crippen molar-refractivity contribution in [2.24, 2.45) is 0 Å². The van der Waals surface area contributed by atoms with Gasteiger partial charge in [0.05, 0.1) is 24.1 Å². The molecule has 1 aromatic heterocycles. The highest BCUT2D eigenvalue weighted by molar-refractivity contribution is 5.29. The maximum absolute atomic E-state index is 5.05. The summed E-state index contributed by atoms with van der Waals surface area (Å²) in [7, 11) is 0. The van der Waals surface area contributed by atoms with Gasteiger partial charge in [0, 0.05) is 50.2 Å². The van der Waals surface area contributed by atoms with E-state index in [1.807, 2.05) is 18.6 Å². The second kappa shape index (κ2) is 9.12. The number of fused-ring (bicyclic) bond motifs is 3. The van der Waals surface area contributed by atoms with Crippen LogP contribution in [-0.2, 0) is 5.66 Å². The highest BCUT2D eigenvalue weighted by Gasteiger charge is 2.58. The molecular formula is C26H39N9. The van der Waals surface area contributed by atoms with Gasteiger partial charge >= 0.3 is 0 Å². The molecule has 4 N–H and O–H groups in total. The Hall–Kier alpha value is -2.04. The number of hydrogen-bond acceptors (Lipinski definition) is 9. The summed E-state index contributed by atoms with van der Waals surface area (Å²) in [5.74, 6) is 0. The Bertz CT molecular complexity index is 980. The van der Waals surface area contributed by atoms with Gasteiger partial charge in [0.1, 0.15) is 11.9 Å². The predicted octanol–water partition coefficient (Wildman–Crippen LogP) is 0.821. The first-order chi connectivity index (χ1) is 17.4. The van der Waals surface area contributed by atoms with Gasteiger partial charge in [-0.15, -0.1) is 0 Å². The molecule has 188 valence electrons. The summed E-state index contributed by atoms with van der Waals surface area (Å²) in [6.45, 7) is 6.24. The van der Waals surface area contributed by atoms with Crippen LogP contribution in [0.4, 0.5) is 0 Å². The molecule has 0 bridgehead atoms. The van der Waals surface area contributed by atoms with Gasteiger partial charge < -0.3 is 10.6 Å². The van der Waals surface area contributed by atoms with Crippen molar-refractivity contribution in [3.05, 3.63) is 47.8 Å². The molecule has 0 radical (unpaired) electrons. The van der Waals surface area contributed by atoms with Crippen LogP contribution in [0.3, 0.4) is 0 Å². The van der Waals surface area contributed by atoms with Crippen LogP contribution in [0, 0.1) is 0 Å². The topological polar surface area (TPSA) is 83.6 Å². The third-order valence-electron chi connectivity index (χ3n) is 9.05. The summed E-state index contributed by atoms with van der Waals surface area (Å²) in [5, 5.41) is 20.4.